The Morgan fingerprint density at radius 1 is 0.929 bits per heavy atom. The molecule has 2 aromatic carbocycles. The first-order valence-corrected chi connectivity index (χ1v) is 9.58. The maximum Gasteiger partial charge on any atom is 0.296 e. The molecule has 2 heterocycles. The van der Waals surface area contributed by atoms with Crippen molar-refractivity contribution in [2.24, 2.45) is 0 Å². The number of hydrogen-bond donors (Lipinski definition) is 0. The summed E-state index contributed by atoms with van der Waals surface area (Å²) in [5.41, 5.74) is 3.49. The molecule has 0 fully saturated rings. The van der Waals surface area contributed by atoms with E-state index >= 15 is 0 Å². The molecule has 0 bridgehead atoms. The summed E-state index contributed by atoms with van der Waals surface area (Å²) in [6.07, 6.45) is 4.50. The number of pyridine rings is 1. The maximum absolute atomic E-state index is 13.2. The highest BCUT2D eigenvalue weighted by atomic mass is 16.2. The number of rotatable bonds is 4. The van der Waals surface area contributed by atoms with E-state index in [2.05, 4.69) is 13.0 Å². The van der Waals surface area contributed by atoms with E-state index in [9.17, 15) is 9.59 Å². The molecule has 1 amide bonds. The molecule has 140 valence electrons. The number of carbonyl (C=O) groups excluding carboxylic acids is 2. The van der Waals surface area contributed by atoms with E-state index in [1.807, 2.05) is 77.3 Å². The van der Waals surface area contributed by atoms with E-state index in [0.717, 1.165) is 12.1 Å². The Bertz CT molecular complexity index is 1010. The second kappa shape index (κ2) is 7.39. The summed E-state index contributed by atoms with van der Waals surface area (Å²) >= 11 is 0. The Kier molecular flexibility index (Phi) is 4.78. The van der Waals surface area contributed by atoms with Crippen molar-refractivity contribution in [1.82, 2.24) is 0 Å². The van der Waals surface area contributed by atoms with Gasteiger partial charge >= 0.3 is 0 Å². The fourth-order valence-electron chi connectivity index (χ4n) is 3.83. The lowest BCUT2D eigenvalue weighted by Crippen LogP contribution is -2.49. The molecule has 2 atom stereocenters. The van der Waals surface area contributed by atoms with Gasteiger partial charge in [-0.2, -0.15) is 4.57 Å². The van der Waals surface area contributed by atoms with Crippen LogP contribution in [0.15, 0.2) is 79.1 Å². The number of para-hydroxylation sites is 1. The van der Waals surface area contributed by atoms with Gasteiger partial charge in [0.05, 0.1) is 0 Å². The van der Waals surface area contributed by atoms with Crippen molar-refractivity contribution in [3.63, 3.8) is 0 Å². The highest BCUT2D eigenvalue weighted by Gasteiger charge is 2.36. The molecule has 0 unspecified atom stereocenters. The SMILES string of the molecule is C[C@@H]1Cc2ccccc2N1C(=O)[C@H](C)[n+]1ccc(C(=O)c2ccccc2)cc1. The molecule has 1 aromatic heterocycles. The normalized spacial score (nSPS) is 16.5. The molecular formula is C24H23N2O2+. The van der Waals surface area contributed by atoms with Crippen molar-refractivity contribution in [3.8, 4) is 0 Å². The summed E-state index contributed by atoms with van der Waals surface area (Å²) in [4.78, 5) is 27.7. The van der Waals surface area contributed by atoms with Gasteiger partial charge in [-0.1, -0.05) is 48.5 Å². The number of carbonyl (C=O) groups is 2. The molecule has 0 aliphatic carbocycles. The minimum Gasteiger partial charge on any atom is -0.303 e. The second-order valence-electron chi connectivity index (χ2n) is 7.30. The average Bonchev–Trinajstić information content (AvgIpc) is 3.08. The number of nitrogens with zero attached hydrogens (tertiary/aromatic N) is 2. The topological polar surface area (TPSA) is 41.3 Å². The Morgan fingerprint density at radius 3 is 2.25 bits per heavy atom. The van der Waals surface area contributed by atoms with Crippen LogP contribution in [0, 0.1) is 0 Å². The lowest BCUT2D eigenvalue weighted by molar-refractivity contribution is -0.705. The first-order chi connectivity index (χ1) is 13.6. The quantitative estimate of drug-likeness (QED) is 0.518. The maximum atomic E-state index is 13.2. The lowest BCUT2D eigenvalue weighted by atomic mass is 10.0. The Hall–Kier alpha value is -3.27. The van der Waals surface area contributed by atoms with Gasteiger partial charge in [0, 0.05) is 41.9 Å². The van der Waals surface area contributed by atoms with Crippen LogP contribution >= 0.6 is 0 Å². The van der Waals surface area contributed by atoms with E-state index in [-0.39, 0.29) is 23.8 Å². The molecule has 4 heteroatoms. The molecule has 1 aliphatic heterocycles. The van der Waals surface area contributed by atoms with Crippen LogP contribution in [0.1, 0.15) is 41.4 Å². The van der Waals surface area contributed by atoms with Crippen LogP contribution in [-0.4, -0.2) is 17.7 Å². The number of aromatic nitrogens is 1. The van der Waals surface area contributed by atoms with E-state index in [1.54, 1.807) is 12.1 Å². The number of ketones is 1. The largest absolute Gasteiger partial charge is 0.303 e. The number of amides is 1. The van der Waals surface area contributed by atoms with Crippen LogP contribution in [0.2, 0.25) is 0 Å². The van der Waals surface area contributed by atoms with E-state index < -0.39 is 0 Å². The van der Waals surface area contributed by atoms with Crippen LogP contribution in [0.4, 0.5) is 5.69 Å². The first-order valence-electron chi connectivity index (χ1n) is 9.58. The van der Waals surface area contributed by atoms with Crippen molar-refractivity contribution in [2.75, 3.05) is 4.90 Å². The summed E-state index contributed by atoms with van der Waals surface area (Å²) in [5.74, 6) is 0.0402. The van der Waals surface area contributed by atoms with Crippen molar-refractivity contribution >= 4 is 17.4 Å². The fourth-order valence-corrected chi connectivity index (χ4v) is 3.83. The first kappa shape index (κ1) is 18.1. The third kappa shape index (κ3) is 3.22. The average molecular weight is 371 g/mol. The number of hydrogen-bond acceptors (Lipinski definition) is 2. The molecule has 0 N–H and O–H groups in total. The predicted molar refractivity (Wildman–Crippen MR) is 108 cm³/mol. The molecule has 4 rings (SSSR count). The zero-order valence-electron chi connectivity index (χ0n) is 16.1. The monoisotopic (exact) mass is 371 g/mol. The fraction of sp³-hybridized carbons (Fsp3) is 0.208. The van der Waals surface area contributed by atoms with Crippen molar-refractivity contribution < 1.29 is 14.2 Å². The van der Waals surface area contributed by atoms with Crippen LogP contribution in [0.3, 0.4) is 0 Å². The van der Waals surface area contributed by atoms with Crippen molar-refractivity contribution in [2.45, 2.75) is 32.4 Å². The van der Waals surface area contributed by atoms with E-state index in [1.165, 1.54) is 5.56 Å². The van der Waals surface area contributed by atoms with Gasteiger partial charge in [-0.15, -0.1) is 0 Å². The lowest BCUT2D eigenvalue weighted by Gasteiger charge is -2.23. The minimum absolute atomic E-state index is 0.0196. The standard InChI is InChI=1S/C24H23N2O2/c1-17-16-21-10-6-7-11-22(21)26(17)24(28)18(2)25-14-12-20(13-15-25)23(27)19-8-4-3-5-9-19/h3-15,17-18H,16H2,1-2H3/q+1/t17-,18+/m1/s1. The van der Waals surface area contributed by atoms with Crippen molar-refractivity contribution in [1.29, 1.82) is 0 Å². The molecule has 0 saturated heterocycles. The summed E-state index contributed by atoms with van der Waals surface area (Å²) in [7, 11) is 0. The van der Waals surface area contributed by atoms with Crippen LogP contribution < -0.4 is 9.47 Å². The molecule has 0 saturated carbocycles. The molecule has 28 heavy (non-hydrogen) atoms. The van der Waals surface area contributed by atoms with Crippen LogP contribution in [-0.2, 0) is 11.2 Å². The zero-order valence-corrected chi connectivity index (χ0v) is 16.1. The molecule has 3 aromatic rings. The highest BCUT2D eigenvalue weighted by Crippen LogP contribution is 2.32. The molecule has 0 radical (unpaired) electrons. The molecule has 0 spiro atoms. The van der Waals surface area contributed by atoms with Gasteiger partial charge in [-0.25, -0.2) is 0 Å². The van der Waals surface area contributed by atoms with Gasteiger partial charge in [-0.3, -0.25) is 9.59 Å². The van der Waals surface area contributed by atoms with Gasteiger partial charge in [0.15, 0.2) is 18.2 Å². The highest BCUT2D eigenvalue weighted by molar-refractivity contribution is 6.08. The summed E-state index contributed by atoms with van der Waals surface area (Å²) in [5, 5.41) is 0. The molecule has 1 aliphatic rings. The van der Waals surface area contributed by atoms with Gasteiger partial charge in [0.2, 0.25) is 6.04 Å². The Labute approximate surface area is 165 Å². The smallest absolute Gasteiger partial charge is 0.296 e. The number of fused-ring (bicyclic) bond motifs is 1. The number of anilines is 1. The summed E-state index contributed by atoms with van der Waals surface area (Å²) < 4.78 is 1.86. The zero-order chi connectivity index (χ0) is 19.7. The van der Waals surface area contributed by atoms with E-state index in [0.29, 0.717) is 11.1 Å². The van der Waals surface area contributed by atoms with Crippen LogP contribution in [0.5, 0.6) is 0 Å². The van der Waals surface area contributed by atoms with Gasteiger partial charge < -0.3 is 4.90 Å². The van der Waals surface area contributed by atoms with Crippen LogP contribution in [0.25, 0.3) is 0 Å². The summed E-state index contributed by atoms with van der Waals surface area (Å²) in [6.45, 7) is 3.98. The second-order valence-corrected chi connectivity index (χ2v) is 7.30. The molecule has 4 nitrogen and oxygen atoms in total. The third-order valence-corrected chi connectivity index (χ3v) is 5.40. The van der Waals surface area contributed by atoms with Gasteiger partial charge in [-0.05, 0) is 25.0 Å². The summed E-state index contributed by atoms with van der Waals surface area (Å²) in [6, 6.07) is 20.6. The Balaban J connectivity index is 1.55. The number of benzene rings is 2. The van der Waals surface area contributed by atoms with E-state index in [4.69, 9.17) is 0 Å². The van der Waals surface area contributed by atoms with Crippen molar-refractivity contribution in [3.05, 3.63) is 95.8 Å². The predicted octanol–water partition coefficient (Wildman–Crippen LogP) is 3.74. The Morgan fingerprint density at radius 2 is 1.54 bits per heavy atom. The van der Waals surface area contributed by atoms with Gasteiger partial charge in [0.25, 0.3) is 5.91 Å². The molecular weight excluding hydrogens is 348 g/mol. The third-order valence-electron chi connectivity index (χ3n) is 5.40. The van der Waals surface area contributed by atoms with Gasteiger partial charge in [0.1, 0.15) is 0 Å². The minimum atomic E-state index is -0.352.